The Hall–Kier alpha value is -1.48. The van der Waals surface area contributed by atoms with E-state index >= 15 is 0 Å². The number of hydrogen-bond donors (Lipinski definition) is 1. The van der Waals surface area contributed by atoms with Crippen LogP contribution < -0.4 is 5.32 Å². The predicted octanol–water partition coefficient (Wildman–Crippen LogP) is 4.12. The topological polar surface area (TPSA) is 29.9 Å². The molecular weight excluding hydrogens is 258 g/mol. The van der Waals surface area contributed by atoms with Gasteiger partial charge in [-0.2, -0.15) is 5.10 Å². The fourth-order valence-corrected chi connectivity index (χ4v) is 2.34. The van der Waals surface area contributed by atoms with Crippen LogP contribution >= 0.6 is 11.6 Å². The van der Waals surface area contributed by atoms with Crippen molar-refractivity contribution in [2.24, 2.45) is 7.05 Å². The van der Waals surface area contributed by atoms with Crippen LogP contribution in [-0.4, -0.2) is 9.78 Å². The van der Waals surface area contributed by atoms with Gasteiger partial charge in [0.1, 0.15) is 0 Å². The second-order valence-electron chi connectivity index (χ2n) is 5.13. The van der Waals surface area contributed by atoms with Crippen molar-refractivity contribution in [3.63, 3.8) is 0 Å². The lowest BCUT2D eigenvalue weighted by molar-refractivity contribution is 0.712. The Morgan fingerprint density at radius 1 is 1.37 bits per heavy atom. The summed E-state index contributed by atoms with van der Waals surface area (Å²) in [6.07, 6.45) is 2.07. The van der Waals surface area contributed by atoms with E-state index in [4.69, 9.17) is 11.6 Å². The summed E-state index contributed by atoms with van der Waals surface area (Å²) >= 11 is 6.12. The Balaban J connectivity index is 2.17. The highest BCUT2D eigenvalue weighted by molar-refractivity contribution is 6.31. The molecule has 0 amide bonds. The van der Waals surface area contributed by atoms with Crippen molar-refractivity contribution in [3.05, 3.63) is 46.2 Å². The van der Waals surface area contributed by atoms with Gasteiger partial charge in [-0.25, -0.2) is 0 Å². The molecule has 0 aliphatic rings. The van der Waals surface area contributed by atoms with Crippen LogP contribution in [-0.2, 0) is 13.6 Å². The molecule has 0 radical (unpaired) electrons. The molecule has 0 unspecified atom stereocenters. The lowest BCUT2D eigenvalue weighted by Gasteiger charge is -2.11. The maximum atomic E-state index is 6.12. The summed E-state index contributed by atoms with van der Waals surface area (Å²) in [5.41, 5.74) is 4.54. The van der Waals surface area contributed by atoms with Crippen LogP contribution in [0.25, 0.3) is 0 Å². The molecule has 4 heteroatoms. The van der Waals surface area contributed by atoms with E-state index in [0.717, 1.165) is 28.5 Å². The van der Waals surface area contributed by atoms with E-state index in [1.54, 1.807) is 0 Å². The van der Waals surface area contributed by atoms with Gasteiger partial charge in [-0.1, -0.05) is 31.5 Å². The van der Waals surface area contributed by atoms with Crippen molar-refractivity contribution < 1.29 is 0 Å². The normalized spacial score (nSPS) is 11.1. The fourth-order valence-electron chi connectivity index (χ4n) is 2.17. The van der Waals surface area contributed by atoms with Gasteiger partial charge in [0.05, 0.1) is 5.69 Å². The van der Waals surface area contributed by atoms with Crippen molar-refractivity contribution in [3.8, 4) is 0 Å². The van der Waals surface area contributed by atoms with E-state index in [1.807, 2.05) is 36.9 Å². The third kappa shape index (κ3) is 3.10. The van der Waals surface area contributed by atoms with Gasteiger partial charge >= 0.3 is 0 Å². The first-order chi connectivity index (χ1) is 8.99. The molecule has 0 spiro atoms. The Morgan fingerprint density at radius 2 is 2.11 bits per heavy atom. The van der Waals surface area contributed by atoms with Crippen molar-refractivity contribution >= 4 is 17.3 Å². The zero-order valence-corrected chi connectivity index (χ0v) is 12.6. The maximum Gasteiger partial charge on any atom is 0.0699 e. The number of nitrogens with zero attached hydrogens (tertiary/aromatic N) is 2. The molecule has 0 saturated heterocycles. The van der Waals surface area contributed by atoms with Gasteiger partial charge in [0.25, 0.3) is 0 Å². The highest BCUT2D eigenvalue weighted by atomic mass is 35.5. The molecule has 2 aromatic rings. The zero-order chi connectivity index (χ0) is 14.0. The molecule has 0 bridgehead atoms. The molecule has 2 rings (SSSR count). The van der Waals surface area contributed by atoms with Gasteiger partial charge in [0, 0.05) is 36.1 Å². The summed E-state index contributed by atoms with van der Waals surface area (Å²) in [6, 6.07) is 5.92. The molecule has 1 aromatic carbocycles. The Bertz CT molecular complexity index is 573. The van der Waals surface area contributed by atoms with Gasteiger partial charge in [-0.3, -0.25) is 4.68 Å². The van der Waals surface area contributed by atoms with Gasteiger partial charge in [0.2, 0.25) is 0 Å². The van der Waals surface area contributed by atoms with Crippen LogP contribution in [0, 0.1) is 6.92 Å². The minimum absolute atomic E-state index is 0.429. The first-order valence-electron chi connectivity index (χ1n) is 6.50. The number of aryl methyl sites for hydroxylation is 1. The average Bonchev–Trinajstić information content (AvgIpc) is 2.73. The standard InChI is InChI=1S/C15H20ClN3/c1-10(2)15-12(9-19(4)18-15)8-17-14-7-5-6-13(16)11(14)3/h5-7,9-10,17H,8H2,1-4H3. The second kappa shape index (κ2) is 5.66. The van der Waals surface area contributed by atoms with E-state index < -0.39 is 0 Å². The van der Waals surface area contributed by atoms with Crippen LogP contribution in [0.5, 0.6) is 0 Å². The lowest BCUT2D eigenvalue weighted by atomic mass is 10.1. The van der Waals surface area contributed by atoms with Crippen LogP contribution in [0.3, 0.4) is 0 Å². The number of nitrogens with one attached hydrogen (secondary N) is 1. The number of anilines is 1. The monoisotopic (exact) mass is 277 g/mol. The Kier molecular flexibility index (Phi) is 4.15. The molecule has 0 aliphatic heterocycles. The molecule has 0 aliphatic carbocycles. The Morgan fingerprint density at radius 3 is 2.79 bits per heavy atom. The van der Waals surface area contributed by atoms with Gasteiger partial charge in [-0.15, -0.1) is 0 Å². The fraction of sp³-hybridized carbons (Fsp3) is 0.400. The molecule has 102 valence electrons. The van der Waals surface area contributed by atoms with Crippen LogP contribution in [0.4, 0.5) is 5.69 Å². The highest BCUT2D eigenvalue weighted by Crippen LogP contribution is 2.24. The van der Waals surface area contributed by atoms with Crippen molar-refractivity contribution in [2.45, 2.75) is 33.2 Å². The first kappa shape index (κ1) is 13.9. The average molecular weight is 278 g/mol. The number of benzene rings is 1. The molecule has 0 fully saturated rings. The third-order valence-electron chi connectivity index (χ3n) is 3.22. The molecular formula is C15H20ClN3. The van der Waals surface area contributed by atoms with Crippen molar-refractivity contribution in [1.29, 1.82) is 0 Å². The van der Waals surface area contributed by atoms with Gasteiger partial charge < -0.3 is 5.32 Å². The molecule has 1 N–H and O–H groups in total. The van der Waals surface area contributed by atoms with Gasteiger partial charge in [-0.05, 0) is 30.5 Å². The summed E-state index contributed by atoms with van der Waals surface area (Å²) in [7, 11) is 1.96. The van der Waals surface area contributed by atoms with E-state index in [0.29, 0.717) is 5.92 Å². The molecule has 0 saturated carbocycles. The van der Waals surface area contributed by atoms with Crippen LogP contribution in [0.15, 0.2) is 24.4 Å². The highest BCUT2D eigenvalue weighted by Gasteiger charge is 2.11. The predicted molar refractivity (Wildman–Crippen MR) is 80.8 cm³/mol. The van der Waals surface area contributed by atoms with Crippen molar-refractivity contribution in [2.75, 3.05) is 5.32 Å². The number of rotatable bonds is 4. The van der Waals surface area contributed by atoms with E-state index in [2.05, 4.69) is 30.5 Å². The summed E-state index contributed by atoms with van der Waals surface area (Å²) in [4.78, 5) is 0. The summed E-state index contributed by atoms with van der Waals surface area (Å²) in [6.45, 7) is 7.12. The maximum absolute atomic E-state index is 6.12. The molecule has 0 atom stereocenters. The molecule has 1 aromatic heterocycles. The SMILES string of the molecule is Cc1c(Cl)cccc1NCc1cn(C)nc1C(C)C. The minimum Gasteiger partial charge on any atom is -0.381 e. The summed E-state index contributed by atoms with van der Waals surface area (Å²) in [5, 5.41) is 8.75. The molecule has 19 heavy (non-hydrogen) atoms. The van der Waals surface area contributed by atoms with Crippen LogP contribution in [0.2, 0.25) is 5.02 Å². The summed E-state index contributed by atoms with van der Waals surface area (Å²) in [5.74, 6) is 0.429. The second-order valence-corrected chi connectivity index (χ2v) is 5.54. The van der Waals surface area contributed by atoms with Gasteiger partial charge in [0.15, 0.2) is 0 Å². The zero-order valence-electron chi connectivity index (χ0n) is 11.9. The lowest BCUT2D eigenvalue weighted by Crippen LogP contribution is -2.03. The van der Waals surface area contributed by atoms with Crippen LogP contribution in [0.1, 0.15) is 36.6 Å². The van der Waals surface area contributed by atoms with E-state index in [1.165, 1.54) is 5.56 Å². The number of aromatic nitrogens is 2. The smallest absolute Gasteiger partial charge is 0.0699 e. The Labute approximate surface area is 119 Å². The summed E-state index contributed by atoms with van der Waals surface area (Å²) < 4.78 is 1.87. The largest absolute Gasteiger partial charge is 0.381 e. The third-order valence-corrected chi connectivity index (χ3v) is 3.63. The van der Waals surface area contributed by atoms with Crippen molar-refractivity contribution in [1.82, 2.24) is 9.78 Å². The molecule has 1 heterocycles. The van der Waals surface area contributed by atoms with E-state index in [-0.39, 0.29) is 0 Å². The number of hydrogen-bond acceptors (Lipinski definition) is 2. The number of halogens is 1. The quantitative estimate of drug-likeness (QED) is 0.911. The molecule has 3 nitrogen and oxygen atoms in total. The minimum atomic E-state index is 0.429. The first-order valence-corrected chi connectivity index (χ1v) is 6.88. The van der Waals surface area contributed by atoms with E-state index in [9.17, 15) is 0 Å².